The van der Waals surface area contributed by atoms with Crippen molar-refractivity contribution in [3.8, 4) is 5.75 Å². The van der Waals surface area contributed by atoms with Gasteiger partial charge in [-0.05, 0) is 58.4 Å². The van der Waals surface area contributed by atoms with E-state index < -0.39 is 5.97 Å². The standard InChI is InChI=1S/C15H11BrClNO4/c16-12-7-10(17)3-6-13(12)22-8-14(19)18-11-4-1-9(2-5-11)15(20)21/h1-7H,8H2,(H,18,19)(H,20,21). The third-order valence-electron chi connectivity index (χ3n) is 2.67. The molecule has 0 bridgehead atoms. The van der Waals surface area contributed by atoms with Gasteiger partial charge in [0.25, 0.3) is 5.91 Å². The minimum atomic E-state index is -1.02. The lowest BCUT2D eigenvalue weighted by Crippen LogP contribution is -2.20. The summed E-state index contributed by atoms with van der Waals surface area (Å²) in [5.41, 5.74) is 0.646. The Kier molecular flexibility index (Phi) is 5.41. The van der Waals surface area contributed by atoms with Crippen molar-refractivity contribution in [2.45, 2.75) is 0 Å². The molecule has 0 saturated carbocycles. The molecule has 2 aromatic carbocycles. The number of ether oxygens (including phenoxy) is 1. The normalized spacial score (nSPS) is 10.1. The summed E-state index contributed by atoms with van der Waals surface area (Å²) in [4.78, 5) is 22.5. The molecule has 0 aromatic heterocycles. The van der Waals surface area contributed by atoms with Gasteiger partial charge in [-0.3, -0.25) is 4.79 Å². The Morgan fingerprint density at radius 1 is 1.18 bits per heavy atom. The van der Waals surface area contributed by atoms with Crippen molar-refractivity contribution in [2.24, 2.45) is 0 Å². The van der Waals surface area contributed by atoms with Crippen LogP contribution in [0.5, 0.6) is 5.75 Å². The summed E-state index contributed by atoms with van der Waals surface area (Å²) in [6, 6.07) is 10.8. The Morgan fingerprint density at radius 3 is 2.45 bits per heavy atom. The van der Waals surface area contributed by atoms with Gasteiger partial charge in [-0.1, -0.05) is 11.6 Å². The number of carbonyl (C=O) groups is 2. The highest BCUT2D eigenvalue weighted by atomic mass is 79.9. The van der Waals surface area contributed by atoms with Crippen LogP contribution in [0.15, 0.2) is 46.9 Å². The van der Waals surface area contributed by atoms with Crippen LogP contribution >= 0.6 is 27.5 Å². The van der Waals surface area contributed by atoms with Crippen LogP contribution in [0.4, 0.5) is 5.69 Å². The number of anilines is 1. The second-order valence-corrected chi connectivity index (χ2v) is 5.58. The van der Waals surface area contributed by atoms with E-state index in [9.17, 15) is 9.59 Å². The van der Waals surface area contributed by atoms with Crippen molar-refractivity contribution >= 4 is 45.1 Å². The first-order valence-electron chi connectivity index (χ1n) is 6.17. The minimum Gasteiger partial charge on any atom is -0.483 e. The molecule has 114 valence electrons. The minimum absolute atomic E-state index is 0.152. The maximum atomic E-state index is 11.8. The second kappa shape index (κ2) is 7.29. The fourth-order valence-corrected chi connectivity index (χ4v) is 2.43. The van der Waals surface area contributed by atoms with Crippen LogP contribution < -0.4 is 10.1 Å². The average molecular weight is 385 g/mol. The first-order chi connectivity index (χ1) is 10.5. The average Bonchev–Trinajstić information content (AvgIpc) is 2.47. The number of aromatic carboxylic acids is 1. The van der Waals surface area contributed by atoms with Crippen LogP contribution in [0.25, 0.3) is 0 Å². The number of hydrogen-bond acceptors (Lipinski definition) is 3. The zero-order chi connectivity index (χ0) is 16.1. The van der Waals surface area contributed by atoms with Gasteiger partial charge in [-0.25, -0.2) is 4.79 Å². The SMILES string of the molecule is O=C(COc1ccc(Cl)cc1Br)Nc1ccc(C(=O)O)cc1. The van der Waals surface area contributed by atoms with Crippen molar-refractivity contribution < 1.29 is 19.4 Å². The number of nitrogens with one attached hydrogen (secondary N) is 1. The summed E-state index contributed by atoms with van der Waals surface area (Å²) in [5, 5.41) is 12.0. The summed E-state index contributed by atoms with van der Waals surface area (Å²) in [6.45, 7) is -0.180. The molecule has 0 aliphatic heterocycles. The van der Waals surface area contributed by atoms with Gasteiger partial charge >= 0.3 is 5.97 Å². The number of halogens is 2. The molecule has 2 N–H and O–H groups in total. The molecule has 0 atom stereocenters. The molecular weight excluding hydrogens is 374 g/mol. The predicted octanol–water partition coefficient (Wildman–Crippen LogP) is 3.82. The van der Waals surface area contributed by atoms with Crippen LogP contribution in [0.3, 0.4) is 0 Å². The maximum absolute atomic E-state index is 11.8. The first-order valence-corrected chi connectivity index (χ1v) is 7.34. The number of benzene rings is 2. The molecule has 0 heterocycles. The van der Waals surface area contributed by atoms with E-state index in [0.717, 1.165) is 0 Å². The Morgan fingerprint density at radius 2 is 1.86 bits per heavy atom. The molecule has 0 fully saturated rings. The van der Waals surface area contributed by atoms with Crippen molar-refractivity contribution in [1.29, 1.82) is 0 Å². The number of carboxylic acid groups (broad SMARTS) is 1. The molecular formula is C15H11BrClNO4. The molecule has 0 saturated heterocycles. The van der Waals surface area contributed by atoms with Gasteiger partial charge in [0.15, 0.2) is 6.61 Å². The lowest BCUT2D eigenvalue weighted by molar-refractivity contribution is -0.118. The lowest BCUT2D eigenvalue weighted by atomic mass is 10.2. The fourth-order valence-electron chi connectivity index (χ4n) is 1.63. The summed E-state index contributed by atoms with van der Waals surface area (Å²) >= 11 is 9.10. The highest BCUT2D eigenvalue weighted by Crippen LogP contribution is 2.27. The van der Waals surface area contributed by atoms with Crippen LogP contribution in [0, 0.1) is 0 Å². The topological polar surface area (TPSA) is 75.6 Å². The smallest absolute Gasteiger partial charge is 0.335 e. The third kappa shape index (κ3) is 4.47. The fraction of sp³-hybridized carbons (Fsp3) is 0.0667. The molecule has 0 unspecified atom stereocenters. The van der Waals surface area contributed by atoms with E-state index in [2.05, 4.69) is 21.2 Å². The van der Waals surface area contributed by atoms with E-state index in [1.165, 1.54) is 24.3 Å². The zero-order valence-electron chi connectivity index (χ0n) is 11.2. The van der Waals surface area contributed by atoms with Crippen LogP contribution in [-0.2, 0) is 4.79 Å². The van der Waals surface area contributed by atoms with Crippen molar-refractivity contribution in [3.63, 3.8) is 0 Å². The Labute approximate surface area is 140 Å². The lowest BCUT2D eigenvalue weighted by Gasteiger charge is -2.09. The highest BCUT2D eigenvalue weighted by molar-refractivity contribution is 9.10. The number of carboxylic acids is 1. The van der Waals surface area contributed by atoms with Gasteiger partial charge in [-0.15, -0.1) is 0 Å². The van der Waals surface area contributed by atoms with Gasteiger partial charge in [0, 0.05) is 10.7 Å². The third-order valence-corrected chi connectivity index (χ3v) is 3.52. The van der Waals surface area contributed by atoms with E-state index in [-0.39, 0.29) is 18.1 Å². The van der Waals surface area contributed by atoms with E-state index in [1.54, 1.807) is 18.2 Å². The Bertz CT molecular complexity index is 703. The van der Waals surface area contributed by atoms with Gasteiger partial charge < -0.3 is 15.2 Å². The van der Waals surface area contributed by atoms with Crippen LogP contribution in [0.1, 0.15) is 10.4 Å². The van der Waals surface area contributed by atoms with Crippen LogP contribution in [0.2, 0.25) is 5.02 Å². The highest BCUT2D eigenvalue weighted by Gasteiger charge is 2.08. The van der Waals surface area contributed by atoms with E-state index >= 15 is 0 Å². The molecule has 2 aromatic rings. The summed E-state index contributed by atoms with van der Waals surface area (Å²) in [5.74, 6) is -0.875. The van der Waals surface area contributed by atoms with E-state index in [0.29, 0.717) is 20.9 Å². The molecule has 0 aliphatic carbocycles. The van der Waals surface area contributed by atoms with E-state index in [4.69, 9.17) is 21.4 Å². The van der Waals surface area contributed by atoms with Gasteiger partial charge in [0.05, 0.1) is 10.0 Å². The van der Waals surface area contributed by atoms with Crippen molar-refractivity contribution in [3.05, 3.63) is 57.5 Å². The number of amides is 1. The molecule has 0 aliphatic rings. The van der Waals surface area contributed by atoms with Gasteiger partial charge in [-0.2, -0.15) is 0 Å². The van der Waals surface area contributed by atoms with Gasteiger partial charge in [0.1, 0.15) is 5.75 Å². The second-order valence-electron chi connectivity index (χ2n) is 4.29. The zero-order valence-corrected chi connectivity index (χ0v) is 13.5. The quantitative estimate of drug-likeness (QED) is 0.822. The first kappa shape index (κ1) is 16.3. The molecule has 0 spiro atoms. The van der Waals surface area contributed by atoms with Crippen molar-refractivity contribution in [2.75, 3.05) is 11.9 Å². The molecule has 5 nitrogen and oxygen atoms in total. The molecule has 1 amide bonds. The number of hydrogen-bond donors (Lipinski definition) is 2. The molecule has 22 heavy (non-hydrogen) atoms. The van der Waals surface area contributed by atoms with Crippen LogP contribution in [-0.4, -0.2) is 23.6 Å². The predicted molar refractivity (Wildman–Crippen MR) is 86.7 cm³/mol. The summed E-state index contributed by atoms with van der Waals surface area (Å²) in [7, 11) is 0. The number of carbonyl (C=O) groups excluding carboxylic acids is 1. The number of rotatable bonds is 5. The largest absolute Gasteiger partial charge is 0.483 e. The summed E-state index contributed by atoms with van der Waals surface area (Å²) < 4.78 is 6.03. The van der Waals surface area contributed by atoms with Crippen molar-refractivity contribution in [1.82, 2.24) is 0 Å². The molecule has 2 rings (SSSR count). The van der Waals surface area contributed by atoms with Gasteiger partial charge in [0.2, 0.25) is 0 Å². The Balaban J connectivity index is 1.91. The summed E-state index contributed by atoms with van der Waals surface area (Å²) in [6.07, 6.45) is 0. The monoisotopic (exact) mass is 383 g/mol. The molecule has 0 radical (unpaired) electrons. The molecule has 7 heteroatoms. The Hall–Kier alpha value is -2.05. The maximum Gasteiger partial charge on any atom is 0.335 e. The van der Waals surface area contributed by atoms with E-state index in [1.807, 2.05) is 0 Å².